The molecule has 7 rings (SSSR count). The van der Waals surface area contributed by atoms with E-state index in [4.69, 9.17) is 9.72 Å². The van der Waals surface area contributed by atoms with Gasteiger partial charge in [-0.1, -0.05) is 0 Å². The number of amides is 1. The van der Waals surface area contributed by atoms with Gasteiger partial charge in [-0.05, 0) is 80.5 Å². The standard InChI is InChI=1S/C27H32FN3O2S/c1-33-9-8-30(25(32)27-13-18-10-19(14-27)12-20(11-18)15-27)7-6-23-17-34-26-29-24(16-31(23)26)21-2-4-22(28)5-3-21/h2-5,16-20H,6-15H2,1H3. The Morgan fingerprint density at radius 1 is 1.15 bits per heavy atom. The summed E-state index contributed by atoms with van der Waals surface area (Å²) in [5.74, 6) is 2.39. The number of benzene rings is 1. The SMILES string of the molecule is COCCN(CCc1csc2nc(-c3ccc(F)cc3)cn12)C(=O)C12CC3CC(CC(C3)C1)C2. The van der Waals surface area contributed by atoms with Gasteiger partial charge in [-0.3, -0.25) is 9.20 Å². The van der Waals surface area contributed by atoms with Crippen molar-refractivity contribution in [3.05, 3.63) is 47.4 Å². The number of thiazole rings is 1. The van der Waals surface area contributed by atoms with Crippen LogP contribution in [0.2, 0.25) is 0 Å². The summed E-state index contributed by atoms with van der Waals surface area (Å²) in [5.41, 5.74) is 2.77. The van der Waals surface area contributed by atoms with Gasteiger partial charge in [-0.25, -0.2) is 9.37 Å². The summed E-state index contributed by atoms with van der Waals surface area (Å²) in [7, 11) is 1.71. The third-order valence-corrected chi connectivity index (χ3v) is 9.29. The van der Waals surface area contributed by atoms with Gasteiger partial charge in [0, 0.05) is 49.5 Å². The number of carbonyl (C=O) groups is 1. The number of halogens is 1. The van der Waals surface area contributed by atoms with Crippen molar-refractivity contribution in [3.8, 4) is 11.3 Å². The molecule has 0 saturated heterocycles. The zero-order valence-electron chi connectivity index (χ0n) is 19.7. The van der Waals surface area contributed by atoms with Gasteiger partial charge in [0.15, 0.2) is 4.96 Å². The molecule has 4 bridgehead atoms. The van der Waals surface area contributed by atoms with E-state index in [0.29, 0.717) is 25.6 Å². The maximum Gasteiger partial charge on any atom is 0.228 e. The summed E-state index contributed by atoms with van der Waals surface area (Å²) in [6.07, 6.45) is 10.1. The molecule has 180 valence electrons. The lowest BCUT2D eigenvalue weighted by Crippen LogP contribution is -2.55. The Morgan fingerprint density at radius 2 is 1.82 bits per heavy atom. The zero-order chi connectivity index (χ0) is 23.3. The van der Waals surface area contributed by atoms with Gasteiger partial charge in [0.25, 0.3) is 0 Å². The van der Waals surface area contributed by atoms with Gasteiger partial charge in [-0.2, -0.15) is 0 Å². The van der Waals surface area contributed by atoms with Crippen LogP contribution in [0.15, 0.2) is 35.8 Å². The first-order chi connectivity index (χ1) is 16.5. The van der Waals surface area contributed by atoms with Gasteiger partial charge in [-0.15, -0.1) is 11.3 Å². The second-order valence-electron chi connectivity index (χ2n) is 10.7. The molecule has 1 aromatic carbocycles. The molecule has 4 fully saturated rings. The van der Waals surface area contributed by atoms with Crippen molar-refractivity contribution in [2.24, 2.45) is 23.2 Å². The van der Waals surface area contributed by atoms with Crippen molar-refractivity contribution in [2.75, 3.05) is 26.8 Å². The molecule has 3 aromatic rings. The fraction of sp³-hybridized carbons (Fsp3) is 0.556. The van der Waals surface area contributed by atoms with Crippen LogP contribution < -0.4 is 0 Å². The first kappa shape index (κ1) is 22.2. The van der Waals surface area contributed by atoms with Crippen molar-refractivity contribution < 1.29 is 13.9 Å². The van der Waals surface area contributed by atoms with E-state index < -0.39 is 0 Å². The molecule has 34 heavy (non-hydrogen) atoms. The van der Waals surface area contributed by atoms with Crippen LogP contribution in [0.4, 0.5) is 4.39 Å². The highest BCUT2D eigenvalue weighted by Gasteiger charge is 2.55. The highest BCUT2D eigenvalue weighted by atomic mass is 32.1. The van der Waals surface area contributed by atoms with E-state index >= 15 is 0 Å². The van der Waals surface area contributed by atoms with Crippen molar-refractivity contribution in [3.63, 3.8) is 0 Å². The van der Waals surface area contributed by atoms with Crippen molar-refractivity contribution >= 4 is 22.2 Å². The molecule has 0 spiro atoms. The Kier molecular flexibility index (Phi) is 5.72. The maximum absolute atomic E-state index is 14.0. The predicted molar refractivity (Wildman–Crippen MR) is 131 cm³/mol. The number of methoxy groups -OCH3 is 1. The van der Waals surface area contributed by atoms with Crippen LogP contribution in [0.5, 0.6) is 0 Å². The number of hydrogen-bond acceptors (Lipinski definition) is 4. The molecule has 4 aliphatic rings. The molecule has 2 aromatic heterocycles. The summed E-state index contributed by atoms with van der Waals surface area (Å²) < 4.78 is 20.8. The van der Waals surface area contributed by atoms with Gasteiger partial charge in [0.2, 0.25) is 5.91 Å². The molecule has 2 heterocycles. The third-order valence-electron chi connectivity index (χ3n) is 8.41. The second kappa shape index (κ2) is 8.76. The molecule has 0 unspecified atom stereocenters. The van der Waals surface area contributed by atoms with Gasteiger partial charge in [0.05, 0.1) is 17.7 Å². The molecule has 4 saturated carbocycles. The number of fused-ring (bicyclic) bond motifs is 1. The van der Waals surface area contributed by atoms with Gasteiger partial charge < -0.3 is 9.64 Å². The van der Waals surface area contributed by atoms with E-state index in [0.717, 1.165) is 65.3 Å². The van der Waals surface area contributed by atoms with Crippen LogP contribution >= 0.6 is 11.3 Å². The highest BCUT2D eigenvalue weighted by Crippen LogP contribution is 2.60. The van der Waals surface area contributed by atoms with Crippen LogP contribution in [0.3, 0.4) is 0 Å². The fourth-order valence-corrected chi connectivity index (χ4v) is 8.15. The van der Waals surface area contributed by atoms with E-state index in [-0.39, 0.29) is 11.2 Å². The van der Waals surface area contributed by atoms with Crippen LogP contribution in [0.25, 0.3) is 16.2 Å². The number of rotatable bonds is 8. The summed E-state index contributed by atoms with van der Waals surface area (Å²) in [5, 5.41) is 2.14. The normalized spacial score (nSPS) is 27.5. The molecule has 4 aliphatic carbocycles. The van der Waals surface area contributed by atoms with E-state index in [1.165, 1.54) is 31.4 Å². The smallest absolute Gasteiger partial charge is 0.228 e. The lowest BCUT2D eigenvalue weighted by Gasteiger charge is -2.56. The Labute approximate surface area is 203 Å². The first-order valence-corrected chi connectivity index (χ1v) is 13.4. The molecule has 0 N–H and O–H groups in total. The Hall–Kier alpha value is -2.25. The van der Waals surface area contributed by atoms with E-state index in [2.05, 4.69) is 14.7 Å². The van der Waals surface area contributed by atoms with Crippen molar-refractivity contribution in [2.45, 2.75) is 44.9 Å². The Morgan fingerprint density at radius 3 is 2.47 bits per heavy atom. The largest absolute Gasteiger partial charge is 0.383 e. The number of nitrogens with zero attached hydrogens (tertiary/aromatic N) is 3. The number of ether oxygens (including phenoxy) is 1. The molecule has 0 aliphatic heterocycles. The molecule has 0 radical (unpaired) electrons. The monoisotopic (exact) mass is 481 g/mol. The van der Waals surface area contributed by atoms with Crippen molar-refractivity contribution in [1.82, 2.24) is 14.3 Å². The summed E-state index contributed by atoms with van der Waals surface area (Å²) in [4.78, 5) is 21.7. The number of aromatic nitrogens is 2. The third kappa shape index (κ3) is 3.97. The Balaban J connectivity index is 1.20. The van der Waals surface area contributed by atoms with E-state index in [9.17, 15) is 9.18 Å². The number of carbonyl (C=O) groups excluding carboxylic acids is 1. The number of hydrogen-bond donors (Lipinski definition) is 0. The minimum Gasteiger partial charge on any atom is -0.383 e. The average molecular weight is 482 g/mol. The van der Waals surface area contributed by atoms with Gasteiger partial charge in [0.1, 0.15) is 5.82 Å². The minimum atomic E-state index is -0.245. The summed E-state index contributed by atoms with van der Waals surface area (Å²) >= 11 is 1.61. The summed E-state index contributed by atoms with van der Waals surface area (Å²) in [6.45, 7) is 1.91. The molecule has 5 nitrogen and oxygen atoms in total. The predicted octanol–water partition coefficient (Wildman–Crippen LogP) is 5.44. The average Bonchev–Trinajstić information content (AvgIpc) is 3.40. The first-order valence-electron chi connectivity index (χ1n) is 12.5. The second-order valence-corrected chi connectivity index (χ2v) is 11.6. The maximum atomic E-state index is 14.0. The molecular formula is C27H32FN3O2S. The van der Waals surface area contributed by atoms with Crippen LogP contribution in [-0.4, -0.2) is 47.0 Å². The lowest BCUT2D eigenvalue weighted by atomic mass is 9.49. The van der Waals surface area contributed by atoms with Crippen molar-refractivity contribution in [1.29, 1.82) is 0 Å². The van der Waals surface area contributed by atoms with E-state index in [1.54, 1.807) is 30.6 Å². The molecular weight excluding hydrogens is 449 g/mol. The molecule has 7 heteroatoms. The zero-order valence-corrected chi connectivity index (χ0v) is 20.5. The van der Waals surface area contributed by atoms with Crippen LogP contribution in [-0.2, 0) is 16.0 Å². The van der Waals surface area contributed by atoms with Crippen LogP contribution in [0.1, 0.15) is 44.2 Å². The van der Waals surface area contributed by atoms with Crippen LogP contribution in [0, 0.1) is 29.0 Å². The van der Waals surface area contributed by atoms with Gasteiger partial charge >= 0.3 is 0 Å². The molecule has 1 amide bonds. The Bertz CT molecular complexity index is 1150. The summed E-state index contributed by atoms with van der Waals surface area (Å²) in [6, 6.07) is 6.46. The lowest BCUT2D eigenvalue weighted by molar-refractivity contribution is -0.158. The highest BCUT2D eigenvalue weighted by molar-refractivity contribution is 7.15. The quantitative estimate of drug-likeness (QED) is 0.431. The molecule has 0 atom stereocenters. The minimum absolute atomic E-state index is 0.128. The fourth-order valence-electron chi connectivity index (χ4n) is 7.24. The topological polar surface area (TPSA) is 46.8 Å². The number of imidazole rings is 1. The van der Waals surface area contributed by atoms with E-state index in [1.807, 2.05) is 6.20 Å².